The maximum Gasteiger partial charge on any atom is 0.219 e. The van der Waals surface area contributed by atoms with Crippen molar-refractivity contribution in [2.45, 2.75) is 13.3 Å². The zero-order valence-corrected chi connectivity index (χ0v) is 15.1. The number of methoxy groups -OCH3 is 1. The lowest BCUT2D eigenvalue weighted by molar-refractivity contribution is -0.121. The van der Waals surface area contributed by atoms with Crippen LogP contribution in [0.1, 0.15) is 13.3 Å². The first-order valence-electron chi connectivity index (χ1n) is 8.45. The van der Waals surface area contributed by atoms with Crippen molar-refractivity contribution in [1.29, 1.82) is 0 Å². The van der Waals surface area contributed by atoms with E-state index in [4.69, 9.17) is 28.4 Å². The number of hydrogen-bond donors (Lipinski definition) is 1. The molecule has 0 bridgehead atoms. The summed E-state index contributed by atoms with van der Waals surface area (Å²) < 4.78 is 31.5. The summed E-state index contributed by atoms with van der Waals surface area (Å²) in [6.45, 7) is 8.31. The lowest BCUT2D eigenvalue weighted by Gasteiger charge is -2.08. The largest absolute Gasteiger partial charge is 0.382 e. The van der Waals surface area contributed by atoms with Crippen molar-refractivity contribution in [3.05, 3.63) is 0 Å². The van der Waals surface area contributed by atoms with Crippen LogP contribution < -0.4 is 5.32 Å². The zero-order valence-electron chi connectivity index (χ0n) is 15.1. The van der Waals surface area contributed by atoms with Crippen molar-refractivity contribution < 1.29 is 33.2 Å². The Morgan fingerprint density at radius 2 is 1.04 bits per heavy atom. The molecule has 144 valence electrons. The molecule has 0 aromatic carbocycles. The molecule has 8 nitrogen and oxygen atoms in total. The highest BCUT2D eigenvalue weighted by Gasteiger charge is 1.96. The average molecular weight is 351 g/mol. The lowest BCUT2D eigenvalue weighted by Crippen LogP contribution is -2.26. The molecule has 0 aromatic rings. The van der Waals surface area contributed by atoms with Crippen LogP contribution in [0.4, 0.5) is 0 Å². The minimum absolute atomic E-state index is 0.0367. The Morgan fingerprint density at radius 3 is 1.42 bits per heavy atom. The van der Waals surface area contributed by atoms with E-state index in [1.807, 2.05) is 6.92 Å². The minimum atomic E-state index is 0.0367. The Kier molecular flexibility index (Phi) is 19.6. The second kappa shape index (κ2) is 20.3. The second-order valence-corrected chi connectivity index (χ2v) is 4.76. The molecule has 0 aliphatic rings. The predicted molar refractivity (Wildman–Crippen MR) is 89.3 cm³/mol. The highest BCUT2D eigenvalue weighted by atomic mass is 16.6. The highest BCUT2D eigenvalue weighted by molar-refractivity contribution is 5.75. The van der Waals surface area contributed by atoms with Gasteiger partial charge in [-0.3, -0.25) is 4.79 Å². The molecule has 0 aromatic heterocycles. The van der Waals surface area contributed by atoms with Crippen molar-refractivity contribution in [1.82, 2.24) is 5.32 Å². The molecule has 1 N–H and O–H groups in total. The summed E-state index contributed by atoms with van der Waals surface area (Å²) >= 11 is 0. The smallest absolute Gasteiger partial charge is 0.219 e. The molecule has 0 spiro atoms. The molecular formula is C16H33NO7. The highest BCUT2D eigenvalue weighted by Crippen LogP contribution is 1.84. The number of carbonyl (C=O) groups excluding carboxylic acids is 1. The Balaban J connectivity index is 2.99. The van der Waals surface area contributed by atoms with Gasteiger partial charge in [0.05, 0.1) is 72.7 Å². The molecule has 0 aliphatic carbocycles. The maximum atomic E-state index is 11.0. The molecule has 0 saturated carbocycles. The maximum absolute atomic E-state index is 11.0. The number of rotatable bonds is 19. The minimum Gasteiger partial charge on any atom is -0.382 e. The number of ether oxygens (including phenoxy) is 6. The molecule has 1 amide bonds. The third-order valence-electron chi connectivity index (χ3n) is 2.81. The number of nitrogens with one attached hydrogen (secondary N) is 1. The summed E-state index contributed by atoms with van der Waals surface area (Å²) in [5, 5.41) is 2.73. The third-order valence-corrected chi connectivity index (χ3v) is 2.81. The molecule has 0 atom stereocenters. The van der Waals surface area contributed by atoms with Crippen LogP contribution >= 0.6 is 0 Å². The van der Waals surface area contributed by atoms with E-state index in [0.29, 0.717) is 85.6 Å². The van der Waals surface area contributed by atoms with Gasteiger partial charge in [0.25, 0.3) is 0 Å². The normalized spacial score (nSPS) is 10.9. The summed E-state index contributed by atoms with van der Waals surface area (Å²) in [6.07, 6.45) is 0.496. The van der Waals surface area contributed by atoms with Gasteiger partial charge in [-0.05, 0) is 0 Å². The fraction of sp³-hybridized carbons (Fsp3) is 0.938. The van der Waals surface area contributed by atoms with Gasteiger partial charge in [0.1, 0.15) is 0 Å². The van der Waals surface area contributed by atoms with Gasteiger partial charge in [0, 0.05) is 20.1 Å². The van der Waals surface area contributed by atoms with E-state index in [-0.39, 0.29) is 5.91 Å². The van der Waals surface area contributed by atoms with Crippen LogP contribution in [0.2, 0.25) is 0 Å². The molecule has 0 unspecified atom stereocenters. The van der Waals surface area contributed by atoms with Gasteiger partial charge in [0.2, 0.25) is 5.91 Å². The van der Waals surface area contributed by atoms with Gasteiger partial charge in [-0.2, -0.15) is 0 Å². The molecule has 0 heterocycles. The SMILES string of the molecule is CCC(=O)NCCOCCOCCOCCOCCOCCOC. The van der Waals surface area contributed by atoms with Crippen molar-refractivity contribution >= 4 is 5.91 Å². The first-order valence-corrected chi connectivity index (χ1v) is 8.45. The van der Waals surface area contributed by atoms with Crippen LogP contribution in [0.25, 0.3) is 0 Å². The summed E-state index contributed by atoms with van der Waals surface area (Å²) in [6, 6.07) is 0. The summed E-state index contributed by atoms with van der Waals surface area (Å²) in [4.78, 5) is 11.0. The summed E-state index contributed by atoms with van der Waals surface area (Å²) in [5.74, 6) is 0.0367. The van der Waals surface area contributed by atoms with Gasteiger partial charge in [0.15, 0.2) is 0 Å². The van der Waals surface area contributed by atoms with E-state index in [0.717, 1.165) is 0 Å². The summed E-state index contributed by atoms with van der Waals surface area (Å²) in [7, 11) is 1.64. The molecular weight excluding hydrogens is 318 g/mol. The van der Waals surface area contributed by atoms with Gasteiger partial charge in [-0.25, -0.2) is 0 Å². The second-order valence-electron chi connectivity index (χ2n) is 4.76. The van der Waals surface area contributed by atoms with Gasteiger partial charge in [-0.15, -0.1) is 0 Å². The van der Waals surface area contributed by atoms with E-state index in [1.165, 1.54) is 0 Å². The van der Waals surface area contributed by atoms with Crippen molar-refractivity contribution in [3.63, 3.8) is 0 Å². The van der Waals surface area contributed by atoms with Crippen LogP contribution in [-0.2, 0) is 33.2 Å². The Hall–Kier alpha value is -0.770. The Labute approximate surface area is 145 Å². The van der Waals surface area contributed by atoms with E-state index in [2.05, 4.69) is 5.32 Å². The number of carbonyl (C=O) groups is 1. The van der Waals surface area contributed by atoms with Crippen LogP contribution in [0, 0.1) is 0 Å². The predicted octanol–water partition coefficient (Wildman–Crippen LogP) is 0.242. The number of hydrogen-bond acceptors (Lipinski definition) is 7. The fourth-order valence-corrected chi connectivity index (χ4v) is 1.51. The van der Waals surface area contributed by atoms with Gasteiger partial charge < -0.3 is 33.7 Å². The van der Waals surface area contributed by atoms with Crippen molar-refractivity contribution in [3.8, 4) is 0 Å². The molecule has 0 saturated heterocycles. The Morgan fingerprint density at radius 1 is 0.667 bits per heavy atom. The van der Waals surface area contributed by atoms with E-state index < -0.39 is 0 Å². The number of amides is 1. The van der Waals surface area contributed by atoms with E-state index >= 15 is 0 Å². The van der Waals surface area contributed by atoms with Crippen LogP contribution in [0.5, 0.6) is 0 Å². The quantitative estimate of drug-likeness (QED) is 0.334. The first-order chi connectivity index (χ1) is 11.8. The van der Waals surface area contributed by atoms with Gasteiger partial charge in [-0.1, -0.05) is 6.92 Å². The average Bonchev–Trinajstić information content (AvgIpc) is 2.60. The molecule has 0 fully saturated rings. The molecule has 0 aliphatic heterocycles. The molecule has 8 heteroatoms. The molecule has 24 heavy (non-hydrogen) atoms. The zero-order chi connectivity index (χ0) is 17.7. The van der Waals surface area contributed by atoms with E-state index in [9.17, 15) is 4.79 Å². The molecule has 0 radical (unpaired) electrons. The topological polar surface area (TPSA) is 84.5 Å². The molecule has 0 rings (SSSR count). The first kappa shape index (κ1) is 23.2. The lowest BCUT2D eigenvalue weighted by atomic mass is 10.4. The third kappa shape index (κ3) is 19.3. The van der Waals surface area contributed by atoms with Gasteiger partial charge >= 0.3 is 0 Å². The van der Waals surface area contributed by atoms with Crippen LogP contribution in [-0.4, -0.2) is 92.2 Å². The summed E-state index contributed by atoms with van der Waals surface area (Å²) in [5.41, 5.74) is 0. The standard InChI is InChI=1S/C16H33NO7/c1-3-16(18)17-4-5-20-8-9-22-12-13-24-15-14-23-11-10-21-7-6-19-2/h3-15H2,1-2H3,(H,17,18). The fourth-order valence-electron chi connectivity index (χ4n) is 1.51. The monoisotopic (exact) mass is 351 g/mol. The van der Waals surface area contributed by atoms with Crippen LogP contribution in [0.3, 0.4) is 0 Å². The van der Waals surface area contributed by atoms with Crippen molar-refractivity contribution in [2.24, 2.45) is 0 Å². The van der Waals surface area contributed by atoms with Crippen molar-refractivity contribution in [2.75, 3.05) is 86.3 Å². The van der Waals surface area contributed by atoms with E-state index in [1.54, 1.807) is 7.11 Å². The van der Waals surface area contributed by atoms with Crippen LogP contribution in [0.15, 0.2) is 0 Å². The Bertz CT molecular complexity index is 267.